The van der Waals surface area contributed by atoms with E-state index in [1.165, 1.54) is 36.6 Å². The molecule has 0 spiro atoms. The molecule has 1 amide bonds. The lowest BCUT2D eigenvalue weighted by Gasteiger charge is -2.21. The number of alkyl halides is 3. The molecule has 11 heteroatoms. The van der Waals surface area contributed by atoms with Crippen molar-refractivity contribution in [2.45, 2.75) is 32.0 Å². The number of aromatic nitrogens is 3. The van der Waals surface area contributed by atoms with Gasteiger partial charge < -0.3 is 9.73 Å². The highest BCUT2D eigenvalue weighted by Gasteiger charge is 2.41. The van der Waals surface area contributed by atoms with E-state index in [4.69, 9.17) is 4.42 Å². The Balaban J connectivity index is 1.61. The number of thiophene rings is 1. The third-order valence-electron chi connectivity index (χ3n) is 3.85. The van der Waals surface area contributed by atoms with Crippen LogP contribution in [0.15, 0.2) is 41.1 Å². The monoisotopic (exact) mass is 424 g/mol. The zero-order valence-corrected chi connectivity index (χ0v) is 15.9. The van der Waals surface area contributed by atoms with E-state index in [2.05, 4.69) is 15.2 Å². The first-order chi connectivity index (χ1) is 13.7. The SMILES string of the molecule is CC(=O)c1ccc(-c2nnc(CCC(=O)N[C@H](c3cccnc3)C(F)(F)F)o2)s1. The van der Waals surface area contributed by atoms with Gasteiger partial charge in [-0.2, -0.15) is 13.2 Å². The van der Waals surface area contributed by atoms with E-state index in [1.54, 1.807) is 12.1 Å². The van der Waals surface area contributed by atoms with Crippen LogP contribution < -0.4 is 5.32 Å². The van der Waals surface area contributed by atoms with Crippen LogP contribution in [0.4, 0.5) is 13.2 Å². The van der Waals surface area contributed by atoms with E-state index in [1.807, 2.05) is 5.32 Å². The number of ketones is 1. The molecular formula is C18H15F3N4O3S. The van der Waals surface area contributed by atoms with Gasteiger partial charge in [-0.3, -0.25) is 14.6 Å². The molecule has 3 heterocycles. The van der Waals surface area contributed by atoms with E-state index in [9.17, 15) is 22.8 Å². The number of nitrogens with one attached hydrogen (secondary N) is 1. The summed E-state index contributed by atoms with van der Waals surface area (Å²) in [5, 5.41) is 9.61. The fourth-order valence-electron chi connectivity index (χ4n) is 2.45. The molecule has 0 aliphatic heterocycles. The molecule has 7 nitrogen and oxygen atoms in total. The summed E-state index contributed by atoms with van der Waals surface area (Å²) in [6.07, 6.45) is -2.55. The molecule has 29 heavy (non-hydrogen) atoms. The molecule has 1 atom stereocenters. The predicted molar refractivity (Wildman–Crippen MR) is 97.1 cm³/mol. The molecule has 152 valence electrons. The maximum atomic E-state index is 13.3. The smallest absolute Gasteiger partial charge is 0.412 e. The summed E-state index contributed by atoms with van der Waals surface area (Å²) in [7, 11) is 0. The van der Waals surface area contributed by atoms with Gasteiger partial charge in [0.15, 0.2) is 11.8 Å². The number of carbonyl (C=O) groups is 2. The fraction of sp³-hybridized carbons (Fsp3) is 0.278. The molecule has 0 fully saturated rings. The van der Waals surface area contributed by atoms with Crippen molar-refractivity contribution in [2.75, 3.05) is 0 Å². The summed E-state index contributed by atoms with van der Waals surface area (Å²) < 4.78 is 45.3. The van der Waals surface area contributed by atoms with Crippen molar-refractivity contribution < 1.29 is 27.2 Å². The molecular weight excluding hydrogens is 409 g/mol. The van der Waals surface area contributed by atoms with E-state index < -0.39 is 18.1 Å². The molecule has 0 aromatic carbocycles. The van der Waals surface area contributed by atoms with Crippen LogP contribution in [0.25, 0.3) is 10.8 Å². The van der Waals surface area contributed by atoms with Gasteiger partial charge in [0.25, 0.3) is 5.89 Å². The first-order valence-electron chi connectivity index (χ1n) is 8.43. The van der Waals surface area contributed by atoms with Crippen molar-refractivity contribution in [3.63, 3.8) is 0 Å². The summed E-state index contributed by atoms with van der Waals surface area (Å²) in [6.45, 7) is 1.44. The van der Waals surface area contributed by atoms with Crippen LogP contribution in [-0.4, -0.2) is 33.0 Å². The minimum absolute atomic E-state index is 0.0264. The van der Waals surface area contributed by atoms with Crippen molar-refractivity contribution in [3.8, 4) is 10.8 Å². The third kappa shape index (κ3) is 5.25. The fourth-order valence-corrected chi connectivity index (χ4v) is 3.27. The second-order valence-corrected chi connectivity index (χ2v) is 7.13. The van der Waals surface area contributed by atoms with E-state index in [-0.39, 0.29) is 36.0 Å². The normalized spacial score (nSPS) is 12.6. The zero-order valence-electron chi connectivity index (χ0n) is 15.1. The van der Waals surface area contributed by atoms with Crippen LogP contribution in [0.2, 0.25) is 0 Å². The highest BCUT2D eigenvalue weighted by molar-refractivity contribution is 7.17. The van der Waals surface area contributed by atoms with Crippen molar-refractivity contribution in [1.82, 2.24) is 20.5 Å². The minimum Gasteiger partial charge on any atom is -0.420 e. The van der Waals surface area contributed by atoms with Crippen molar-refractivity contribution in [2.24, 2.45) is 0 Å². The summed E-state index contributed by atoms with van der Waals surface area (Å²) in [6, 6.07) is 3.75. The second-order valence-electron chi connectivity index (χ2n) is 6.05. The Bertz CT molecular complexity index is 1000. The van der Waals surface area contributed by atoms with Crippen LogP contribution in [0.1, 0.15) is 40.5 Å². The number of amides is 1. The topological polar surface area (TPSA) is 98.0 Å². The Kier molecular flexibility index (Phi) is 6.06. The van der Waals surface area contributed by atoms with Gasteiger partial charge in [-0.05, 0) is 25.1 Å². The lowest BCUT2D eigenvalue weighted by Crippen LogP contribution is -2.38. The van der Waals surface area contributed by atoms with E-state index in [0.29, 0.717) is 9.75 Å². The summed E-state index contributed by atoms with van der Waals surface area (Å²) in [5.41, 5.74) is -0.160. The Morgan fingerprint density at radius 2 is 2.03 bits per heavy atom. The van der Waals surface area contributed by atoms with Crippen molar-refractivity contribution >= 4 is 23.0 Å². The number of nitrogens with zero attached hydrogens (tertiary/aromatic N) is 3. The number of rotatable bonds is 7. The first-order valence-corrected chi connectivity index (χ1v) is 9.25. The number of hydrogen-bond acceptors (Lipinski definition) is 7. The molecule has 0 saturated heterocycles. The summed E-state index contributed by atoms with van der Waals surface area (Å²) >= 11 is 1.18. The van der Waals surface area contributed by atoms with Crippen LogP contribution in [-0.2, 0) is 11.2 Å². The van der Waals surface area contributed by atoms with Crippen molar-refractivity contribution in [3.05, 3.63) is 53.0 Å². The highest BCUT2D eigenvalue weighted by atomic mass is 32.1. The van der Waals surface area contributed by atoms with Gasteiger partial charge in [-0.15, -0.1) is 21.5 Å². The number of carbonyl (C=O) groups excluding carboxylic acids is 2. The van der Waals surface area contributed by atoms with Crippen LogP contribution in [0, 0.1) is 0 Å². The first kappa shape index (κ1) is 20.6. The van der Waals surface area contributed by atoms with E-state index >= 15 is 0 Å². The Morgan fingerprint density at radius 1 is 1.24 bits per heavy atom. The Morgan fingerprint density at radius 3 is 2.66 bits per heavy atom. The molecule has 0 aliphatic rings. The molecule has 0 saturated carbocycles. The minimum atomic E-state index is -4.66. The molecule has 1 N–H and O–H groups in total. The largest absolute Gasteiger partial charge is 0.420 e. The van der Waals surface area contributed by atoms with Gasteiger partial charge in [0.05, 0.1) is 9.75 Å². The molecule has 3 aromatic heterocycles. The van der Waals surface area contributed by atoms with Gasteiger partial charge in [0.2, 0.25) is 11.8 Å². The summed E-state index contributed by atoms with van der Waals surface area (Å²) in [4.78, 5) is 28.2. The van der Waals surface area contributed by atoms with Gasteiger partial charge in [-0.1, -0.05) is 6.07 Å². The lowest BCUT2D eigenvalue weighted by molar-refractivity contribution is -0.163. The number of hydrogen-bond donors (Lipinski definition) is 1. The second kappa shape index (κ2) is 8.52. The van der Waals surface area contributed by atoms with Crippen LogP contribution in [0.5, 0.6) is 0 Å². The molecule has 0 unspecified atom stereocenters. The number of Topliss-reactive ketones (excluding diaryl/α,β-unsaturated/α-hetero) is 1. The standard InChI is InChI=1S/C18H15F3N4O3S/c1-10(26)12-4-5-13(29-12)17-25-24-15(28-17)7-6-14(27)23-16(18(19,20)21)11-3-2-8-22-9-11/h2-5,8-9,16H,6-7H2,1H3,(H,23,27)/t16-/m1/s1. The van der Waals surface area contributed by atoms with Gasteiger partial charge >= 0.3 is 6.18 Å². The van der Waals surface area contributed by atoms with Gasteiger partial charge in [0.1, 0.15) is 0 Å². The Labute approximate surface area is 167 Å². The van der Waals surface area contributed by atoms with E-state index in [0.717, 1.165) is 6.20 Å². The number of pyridine rings is 1. The van der Waals surface area contributed by atoms with Crippen molar-refractivity contribution in [1.29, 1.82) is 0 Å². The quantitative estimate of drug-likeness (QED) is 0.580. The van der Waals surface area contributed by atoms with Crippen LogP contribution in [0.3, 0.4) is 0 Å². The average Bonchev–Trinajstić information content (AvgIpc) is 3.33. The van der Waals surface area contributed by atoms with Gasteiger partial charge in [-0.25, -0.2) is 0 Å². The third-order valence-corrected chi connectivity index (χ3v) is 5.02. The maximum Gasteiger partial charge on any atom is 0.412 e. The lowest BCUT2D eigenvalue weighted by atomic mass is 10.1. The summed E-state index contributed by atoms with van der Waals surface area (Å²) in [5.74, 6) is -0.615. The Hall–Kier alpha value is -3.08. The molecule has 3 aromatic rings. The highest BCUT2D eigenvalue weighted by Crippen LogP contribution is 2.32. The van der Waals surface area contributed by atoms with Crippen LogP contribution >= 0.6 is 11.3 Å². The molecule has 3 rings (SSSR count). The van der Waals surface area contributed by atoms with Gasteiger partial charge in [0, 0.05) is 30.8 Å². The maximum absolute atomic E-state index is 13.3. The number of aryl methyl sites for hydroxylation is 1. The molecule has 0 radical (unpaired) electrons. The molecule has 0 bridgehead atoms. The molecule has 0 aliphatic carbocycles. The number of halogens is 3. The predicted octanol–water partition coefficient (Wildman–Crippen LogP) is 3.75. The zero-order chi connectivity index (χ0) is 21.0. The average molecular weight is 424 g/mol.